The van der Waals surface area contributed by atoms with Crippen LogP contribution in [-0.2, 0) is 14.8 Å². The van der Waals surface area contributed by atoms with Crippen LogP contribution in [0.5, 0.6) is 0 Å². The van der Waals surface area contributed by atoms with Crippen molar-refractivity contribution < 1.29 is 13.2 Å². The van der Waals surface area contributed by atoms with Crippen LogP contribution in [-0.4, -0.2) is 63.6 Å². The number of fused-ring (bicyclic) bond motifs is 1. The van der Waals surface area contributed by atoms with Crippen LogP contribution >= 0.6 is 0 Å². The molecular formula is C27H40N2O3S. The summed E-state index contributed by atoms with van der Waals surface area (Å²) >= 11 is 0. The standard InChI is InChI=1S/C27H40N2O3S/c1-4-20-28(2)21-9-5-6-10-22-32-25-18-16-24(17-19-25)29(3)33(30,31)27-15-11-13-23-12-7-8-14-26(23)27/h4,7-8,11-15,24-25H,1,5-6,9-10,16-22H2,2-3H3. The Balaban J connectivity index is 1.41. The first kappa shape index (κ1) is 25.9. The maximum Gasteiger partial charge on any atom is 0.243 e. The molecule has 2 aromatic rings. The Hall–Kier alpha value is -1.73. The molecule has 33 heavy (non-hydrogen) atoms. The molecule has 0 aliphatic heterocycles. The van der Waals surface area contributed by atoms with E-state index in [1.807, 2.05) is 42.5 Å². The maximum absolute atomic E-state index is 13.4. The first-order valence-electron chi connectivity index (χ1n) is 12.3. The molecule has 0 amide bonds. The number of rotatable bonds is 13. The summed E-state index contributed by atoms with van der Waals surface area (Å²) in [5.41, 5.74) is 0. The van der Waals surface area contributed by atoms with Crippen molar-refractivity contribution in [3.63, 3.8) is 0 Å². The molecule has 5 nitrogen and oxygen atoms in total. The van der Waals surface area contributed by atoms with Crippen LogP contribution in [0.2, 0.25) is 0 Å². The average Bonchev–Trinajstić information content (AvgIpc) is 2.83. The Morgan fingerprint density at radius 1 is 0.970 bits per heavy atom. The van der Waals surface area contributed by atoms with Gasteiger partial charge in [-0.05, 0) is 63.6 Å². The van der Waals surface area contributed by atoms with Gasteiger partial charge in [0.15, 0.2) is 0 Å². The number of benzene rings is 2. The van der Waals surface area contributed by atoms with Crippen molar-refractivity contribution in [2.24, 2.45) is 0 Å². The number of nitrogens with zero attached hydrogens (tertiary/aromatic N) is 2. The quantitative estimate of drug-likeness (QED) is 0.287. The lowest BCUT2D eigenvalue weighted by Gasteiger charge is -2.34. The summed E-state index contributed by atoms with van der Waals surface area (Å²) < 4.78 is 34.5. The Labute approximate surface area is 200 Å². The molecule has 0 spiro atoms. The van der Waals surface area contributed by atoms with Gasteiger partial charge >= 0.3 is 0 Å². The van der Waals surface area contributed by atoms with E-state index in [-0.39, 0.29) is 12.1 Å². The largest absolute Gasteiger partial charge is 0.378 e. The van der Waals surface area contributed by atoms with Gasteiger partial charge in [0.2, 0.25) is 10.0 Å². The molecule has 1 fully saturated rings. The van der Waals surface area contributed by atoms with E-state index in [2.05, 4.69) is 18.5 Å². The van der Waals surface area contributed by atoms with Gasteiger partial charge in [0.25, 0.3) is 0 Å². The number of ether oxygens (including phenoxy) is 1. The van der Waals surface area contributed by atoms with Crippen LogP contribution < -0.4 is 0 Å². The number of sulfonamides is 1. The first-order chi connectivity index (χ1) is 15.9. The van der Waals surface area contributed by atoms with E-state index < -0.39 is 10.0 Å². The molecule has 3 rings (SSSR count). The van der Waals surface area contributed by atoms with Gasteiger partial charge in [-0.2, -0.15) is 4.31 Å². The second-order valence-electron chi connectivity index (χ2n) is 9.26. The number of likely N-dealkylation sites (N-methyl/N-ethyl adjacent to an activating group) is 1. The fourth-order valence-corrected chi connectivity index (χ4v) is 6.37. The summed E-state index contributed by atoms with van der Waals surface area (Å²) in [4.78, 5) is 2.69. The van der Waals surface area contributed by atoms with Crippen LogP contribution in [0.3, 0.4) is 0 Å². The highest BCUT2D eigenvalue weighted by atomic mass is 32.2. The number of unbranched alkanes of at least 4 members (excludes halogenated alkanes) is 3. The molecule has 2 aromatic carbocycles. The van der Waals surface area contributed by atoms with Crippen molar-refractivity contribution in [3.05, 3.63) is 55.1 Å². The fourth-order valence-electron chi connectivity index (χ4n) is 4.75. The van der Waals surface area contributed by atoms with Crippen LogP contribution in [0.15, 0.2) is 60.0 Å². The van der Waals surface area contributed by atoms with Crippen LogP contribution in [0, 0.1) is 0 Å². The zero-order valence-electron chi connectivity index (χ0n) is 20.3. The van der Waals surface area contributed by atoms with E-state index in [4.69, 9.17) is 4.74 Å². The number of hydrogen-bond acceptors (Lipinski definition) is 4. The van der Waals surface area contributed by atoms with Crippen molar-refractivity contribution in [2.75, 3.05) is 33.8 Å². The third kappa shape index (κ3) is 7.12. The van der Waals surface area contributed by atoms with E-state index in [1.165, 1.54) is 19.3 Å². The number of hydrogen-bond donors (Lipinski definition) is 0. The zero-order valence-corrected chi connectivity index (χ0v) is 21.1. The highest BCUT2D eigenvalue weighted by molar-refractivity contribution is 7.89. The molecule has 0 N–H and O–H groups in total. The smallest absolute Gasteiger partial charge is 0.243 e. The van der Waals surface area contributed by atoms with Crippen LogP contribution in [0.25, 0.3) is 10.8 Å². The minimum atomic E-state index is -3.54. The highest BCUT2D eigenvalue weighted by Crippen LogP contribution is 2.31. The van der Waals surface area contributed by atoms with Crippen molar-refractivity contribution in [3.8, 4) is 0 Å². The van der Waals surface area contributed by atoms with Crippen LogP contribution in [0.1, 0.15) is 51.4 Å². The molecule has 1 aliphatic carbocycles. The third-order valence-electron chi connectivity index (χ3n) is 6.79. The third-order valence-corrected chi connectivity index (χ3v) is 8.76. The predicted molar refractivity (Wildman–Crippen MR) is 137 cm³/mol. The molecule has 182 valence electrons. The van der Waals surface area contributed by atoms with Crippen molar-refractivity contribution in [1.29, 1.82) is 0 Å². The summed E-state index contributed by atoms with van der Waals surface area (Å²) in [7, 11) is 0.324. The topological polar surface area (TPSA) is 49.9 Å². The van der Waals surface area contributed by atoms with Crippen molar-refractivity contribution in [1.82, 2.24) is 9.21 Å². The minimum Gasteiger partial charge on any atom is -0.378 e. The summed E-state index contributed by atoms with van der Waals surface area (Å²) in [6.07, 6.45) is 10.5. The lowest BCUT2D eigenvalue weighted by Crippen LogP contribution is -2.40. The highest BCUT2D eigenvalue weighted by Gasteiger charge is 2.32. The Kier molecular flexibility index (Phi) is 9.93. The fraction of sp³-hybridized carbons (Fsp3) is 0.556. The van der Waals surface area contributed by atoms with Gasteiger partial charge in [0.1, 0.15) is 0 Å². The van der Waals surface area contributed by atoms with Crippen molar-refractivity contribution >= 4 is 20.8 Å². The molecule has 1 aliphatic rings. The molecule has 0 aromatic heterocycles. The molecule has 0 unspecified atom stereocenters. The monoisotopic (exact) mass is 472 g/mol. The molecule has 0 bridgehead atoms. The molecule has 1 saturated carbocycles. The first-order valence-corrected chi connectivity index (χ1v) is 13.7. The summed E-state index contributed by atoms with van der Waals surface area (Å²) in [5, 5.41) is 1.74. The van der Waals surface area contributed by atoms with Crippen molar-refractivity contribution in [2.45, 2.75) is 68.4 Å². The van der Waals surface area contributed by atoms with Gasteiger partial charge in [-0.15, -0.1) is 6.58 Å². The Bertz CT molecular complexity index is 979. The predicted octanol–water partition coefficient (Wildman–Crippen LogP) is 5.47. The second kappa shape index (κ2) is 12.7. The summed E-state index contributed by atoms with van der Waals surface area (Å²) in [6, 6.07) is 13.2. The van der Waals surface area contributed by atoms with Gasteiger partial charge in [-0.25, -0.2) is 8.42 Å². The molecule has 0 saturated heterocycles. The summed E-state index contributed by atoms with van der Waals surface area (Å²) in [5.74, 6) is 0. The van der Waals surface area contributed by atoms with E-state index >= 15 is 0 Å². The Morgan fingerprint density at radius 3 is 2.42 bits per heavy atom. The molecular weight excluding hydrogens is 432 g/mol. The second-order valence-corrected chi connectivity index (χ2v) is 11.2. The average molecular weight is 473 g/mol. The maximum atomic E-state index is 13.4. The summed E-state index contributed by atoms with van der Waals surface area (Å²) in [6.45, 7) is 6.65. The van der Waals surface area contributed by atoms with Crippen LogP contribution in [0.4, 0.5) is 0 Å². The van der Waals surface area contributed by atoms with Gasteiger partial charge in [0.05, 0.1) is 11.0 Å². The van der Waals surface area contributed by atoms with E-state index in [1.54, 1.807) is 17.4 Å². The lowest BCUT2D eigenvalue weighted by molar-refractivity contribution is 0.0156. The SMILES string of the molecule is C=CCN(C)CCCCCCOC1CCC(N(C)S(=O)(=O)c2cccc3ccccc23)CC1. The molecule has 0 heterocycles. The molecule has 6 heteroatoms. The molecule has 0 radical (unpaired) electrons. The van der Waals surface area contributed by atoms with Gasteiger partial charge in [-0.3, -0.25) is 0 Å². The van der Waals surface area contributed by atoms with E-state index in [0.717, 1.165) is 62.6 Å². The Morgan fingerprint density at radius 2 is 1.67 bits per heavy atom. The lowest BCUT2D eigenvalue weighted by atomic mass is 9.93. The normalized spacial score (nSPS) is 19.4. The van der Waals surface area contributed by atoms with E-state index in [0.29, 0.717) is 4.90 Å². The van der Waals surface area contributed by atoms with Gasteiger partial charge in [-0.1, -0.05) is 55.3 Å². The zero-order chi connectivity index (χ0) is 23.7. The molecule has 0 atom stereocenters. The van der Waals surface area contributed by atoms with Gasteiger partial charge in [0, 0.05) is 31.6 Å². The van der Waals surface area contributed by atoms with Gasteiger partial charge < -0.3 is 9.64 Å². The minimum absolute atomic E-state index is 0.0290. The van der Waals surface area contributed by atoms with E-state index in [9.17, 15) is 8.42 Å².